The van der Waals surface area contributed by atoms with Gasteiger partial charge in [0.15, 0.2) is 0 Å². The highest BCUT2D eigenvalue weighted by Crippen LogP contribution is 2.48. The number of nitrogens with two attached hydrogens (primary N) is 1. The fourth-order valence-corrected chi connectivity index (χ4v) is 7.45. The minimum Gasteiger partial charge on any atom is -0.487 e. The lowest BCUT2D eigenvalue weighted by Crippen LogP contribution is -2.41. The summed E-state index contributed by atoms with van der Waals surface area (Å²) < 4.78 is 33.6. The Balaban J connectivity index is 1.72. The summed E-state index contributed by atoms with van der Waals surface area (Å²) >= 11 is 12.7. The molecule has 9 nitrogen and oxygen atoms in total. The van der Waals surface area contributed by atoms with E-state index in [1.54, 1.807) is 74.4 Å². The van der Waals surface area contributed by atoms with Crippen LogP contribution in [-0.4, -0.2) is 40.1 Å². The van der Waals surface area contributed by atoms with E-state index in [9.17, 15) is 9.36 Å². The summed E-state index contributed by atoms with van der Waals surface area (Å²) in [6, 6.07) is 20.1. The maximum Gasteiger partial charge on any atom is 0.334 e. The summed E-state index contributed by atoms with van der Waals surface area (Å²) in [6.07, 6.45) is 6.98. The number of hydrogen-bond donors (Lipinski definition) is 1. The normalized spacial score (nSPS) is 13.3. The highest BCUT2D eigenvalue weighted by Gasteiger charge is 2.36. The SMILES string of the molecule is CCOP(=O)(C/C=C/COc1cc([C@](N)(c2ccc(Cl)cc2)c2cncn2C)cc2c(-c3cccc(Cl)c3)cc(=O)n(C)c12)OCC. The van der Waals surface area contributed by atoms with E-state index in [-0.39, 0.29) is 31.5 Å². The lowest BCUT2D eigenvalue weighted by Gasteiger charge is -2.32. The molecule has 0 radical (unpaired) electrons. The number of halogens is 2. The van der Waals surface area contributed by atoms with E-state index < -0.39 is 13.1 Å². The first-order chi connectivity index (χ1) is 22.5. The van der Waals surface area contributed by atoms with Crippen molar-refractivity contribution in [2.24, 2.45) is 19.8 Å². The Morgan fingerprint density at radius 3 is 2.30 bits per heavy atom. The van der Waals surface area contributed by atoms with Gasteiger partial charge in [-0.2, -0.15) is 0 Å². The summed E-state index contributed by atoms with van der Waals surface area (Å²) in [6.45, 7) is 4.19. The van der Waals surface area contributed by atoms with Crippen LogP contribution in [-0.2, 0) is 33.2 Å². The van der Waals surface area contributed by atoms with Crippen molar-refractivity contribution in [1.29, 1.82) is 0 Å². The Bertz CT molecular complexity index is 2020. The van der Waals surface area contributed by atoms with Crippen LogP contribution in [0.2, 0.25) is 10.0 Å². The van der Waals surface area contributed by atoms with Crippen molar-refractivity contribution < 1.29 is 18.3 Å². The van der Waals surface area contributed by atoms with Crippen molar-refractivity contribution >= 4 is 41.7 Å². The summed E-state index contributed by atoms with van der Waals surface area (Å²) in [4.78, 5) is 17.8. The second-order valence-corrected chi connectivity index (χ2v) is 13.9. The van der Waals surface area contributed by atoms with Gasteiger partial charge in [-0.3, -0.25) is 9.36 Å². The molecule has 5 aromatic rings. The molecule has 246 valence electrons. The van der Waals surface area contributed by atoms with Crippen molar-refractivity contribution in [2.75, 3.05) is 26.0 Å². The molecule has 1 atom stereocenters. The van der Waals surface area contributed by atoms with Crippen molar-refractivity contribution in [3.05, 3.63) is 129 Å². The van der Waals surface area contributed by atoms with Crippen LogP contribution >= 0.6 is 30.8 Å². The molecule has 0 aliphatic carbocycles. The van der Waals surface area contributed by atoms with Gasteiger partial charge in [0.1, 0.15) is 17.9 Å². The third-order valence-electron chi connectivity index (χ3n) is 7.89. The average Bonchev–Trinajstić information content (AvgIpc) is 3.48. The molecule has 0 amide bonds. The van der Waals surface area contributed by atoms with Crippen LogP contribution in [0.25, 0.3) is 22.0 Å². The first kappa shape index (κ1) is 34.6. The topological polar surface area (TPSA) is 111 Å². The van der Waals surface area contributed by atoms with Crippen molar-refractivity contribution in [3.63, 3.8) is 0 Å². The van der Waals surface area contributed by atoms with E-state index in [1.807, 2.05) is 54.1 Å². The maximum absolute atomic E-state index is 13.4. The average molecular weight is 696 g/mol. The fraction of sp³-hybridized carbons (Fsp3) is 0.257. The highest BCUT2D eigenvalue weighted by molar-refractivity contribution is 7.54. The first-order valence-electron chi connectivity index (χ1n) is 15.1. The van der Waals surface area contributed by atoms with E-state index in [0.29, 0.717) is 32.4 Å². The molecular weight excluding hydrogens is 658 g/mol. The van der Waals surface area contributed by atoms with Gasteiger partial charge in [-0.1, -0.05) is 59.6 Å². The molecule has 0 spiro atoms. The van der Waals surface area contributed by atoms with E-state index >= 15 is 0 Å². The first-order valence-corrected chi connectivity index (χ1v) is 17.6. The van der Waals surface area contributed by atoms with Crippen molar-refractivity contribution in [2.45, 2.75) is 19.4 Å². The number of pyridine rings is 1. The molecule has 0 aliphatic rings. The second-order valence-electron chi connectivity index (χ2n) is 11.0. The second kappa shape index (κ2) is 14.6. The summed E-state index contributed by atoms with van der Waals surface area (Å²) in [5.41, 5.74) is 10.2. The molecule has 2 aromatic heterocycles. The predicted molar refractivity (Wildman–Crippen MR) is 189 cm³/mol. The monoisotopic (exact) mass is 694 g/mol. The fourth-order valence-electron chi connectivity index (χ4n) is 5.66. The third-order valence-corrected chi connectivity index (χ3v) is 10.3. The number of aryl methyl sites for hydroxylation is 2. The smallest absolute Gasteiger partial charge is 0.334 e. The zero-order chi connectivity index (χ0) is 33.8. The predicted octanol–water partition coefficient (Wildman–Crippen LogP) is 7.70. The van der Waals surface area contributed by atoms with E-state index in [0.717, 1.165) is 22.2 Å². The van der Waals surface area contributed by atoms with E-state index in [2.05, 4.69) is 4.98 Å². The molecule has 0 unspecified atom stereocenters. The Kier molecular flexibility index (Phi) is 10.8. The van der Waals surface area contributed by atoms with E-state index in [4.69, 9.17) is 42.7 Å². The number of hydrogen-bond acceptors (Lipinski definition) is 7. The minimum absolute atomic E-state index is 0.0964. The van der Waals surface area contributed by atoms with Crippen LogP contribution in [0.15, 0.2) is 96.2 Å². The van der Waals surface area contributed by atoms with Gasteiger partial charge in [0.05, 0.1) is 43.1 Å². The molecule has 0 aliphatic heterocycles. The van der Waals surface area contributed by atoms with Crippen LogP contribution in [0, 0.1) is 0 Å². The molecule has 2 heterocycles. The number of rotatable bonds is 13. The molecule has 5 rings (SSSR count). The Labute approximate surface area is 284 Å². The lowest BCUT2D eigenvalue weighted by atomic mass is 9.80. The zero-order valence-corrected chi connectivity index (χ0v) is 29.1. The van der Waals surface area contributed by atoms with Crippen LogP contribution in [0.1, 0.15) is 30.7 Å². The summed E-state index contributed by atoms with van der Waals surface area (Å²) in [5, 5.41) is 1.84. The molecule has 2 N–H and O–H groups in total. The third kappa shape index (κ3) is 7.26. The van der Waals surface area contributed by atoms with Crippen LogP contribution in [0.3, 0.4) is 0 Å². The lowest BCUT2D eigenvalue weighted by molar-refractivity contribution is 0.222. The van der Waals surface area contributed by atoms with E-state index in [1.165, 1.54) is 0 Å². The largest absolute Gasteiger partial charge is 0.487 e. The Hall–Kier alpha value is -3.69. The maximum atomic E-state index is 13.4. The number of aromatic nitrogens is 3. The van der Waals surface area contributed by atoms with Gasteiger partial charge < -0.3 is 28.7 Å². The number of imidazole rings is 1. The molecule has 47 heavy (non-hydrogen) atoms. The van der Waals surface area contributed by atoms with Gasteiger partial charge in [-0.15, -0.1) is 0 Å². The van der Waals surface area contributed by atoms with Crippen molar-refractivity contribution in [3.8, 4) is 16.9 Å². The molecule has 0 fully saturated rings. The molecule has 3 aromatic carbocycles. The number of fused-ring (bicyclic) bond motifs is 1. The summed E-state index contributed by atoms with van der Waals surface area (Å²) in [7, 11) is 0.319. The van der Waals surface area contributed by atoms with Gasteiger partial charge in [0.25, 0.3) is 5.56 Å². The van der Waals surface area contributed by atoms with Gasteiger partial charge in [-0.25, -0.2) is 4.98 Å². The van der Waals surface area contributed by atoms with Gasteiger partial charge in [-0.05, 0) is 72.5 Å². The number of allylic oxidation sites excluding steroid dienone is 1. The quantitative estimate of drug-likeness (QED) is 0.0993. The van der Waals surface area contributed by atoms with Gasteiger partial charge >= 0.3 is 7.60 Å². The Morgan fingerprint density at radius 1 is 0.936 bits per heavy atom. The number of ether oxygens (including phenoxy) is 1. The van der Waals surface area contributed by atoms with Gasteiger partial charge in [0, 0.05) is 35.6 Å². The summed E-state index contributed by atoms with van der Waals surface area (Å²) in [5.74, 6) is 0.425. The molecule has 12 heteroatoms. The zero-order valence-electron chi connectivity index (χ0n) is 26.7. The molecular formula is C35H37Cl2N4O5P. The van der Waals surface area contributed by atoms with Crippen LogP contribution in [0.4, 0.5) is 0 Å². The Morgan fingerprint density at radius 2 is 1.66 bits per heavy atom. The standard InChI is InChI=1S/C35H37Cl2N4O5P/c1-5-45-47(43,46-6-2)17-8-7-16-44-31-20-26(35(38,32-22-39-23-40(32)3)25-12-14-27(36)15-13-25)19-30-29(21-33(42)41(4)34(30)31)24-10-9-11-28(37)18-24/h7-15,18-23H,5-6,16-17,38H2,1-4H3/b8-7+/t35-/m1/s1. The van der Waals surface area contributed by atoms with Crippen LogP contribution in [0.5, 0.6) is 5.75 Å². The number of nitrogens with zero attached hydrogens (tertiary/aromatic N) is 3. The van der Waals surface area contributed by atoms with Crippen molar-refractivity contribution in [1.82, 2.24) is 14.1 Å². The number of benzene rings is 3. The molecule has 0 saturated carbocycles. The van der Waals surface area contributed by atoms with Gasteiger partial charge in [0.2, 0.25) is 0 Å². The highest BCUT2D eigenvalue weighted by atomic mass is 35.5. The molecule has 0 saturated heterocycles. The molecule has 0 bridgehead atoms. The van der Waals surface area contributed by atoms with Crippen LogP contribution < -0.4 is 16.0 Å². The minimum atomic E-state index is -3.26.